The number of likely N-dealkylation sites (tertiary alicyclic amines) is 1. The van der Waals surface area contributed by atoms with E-state index < -0.39 is 0 Å². The number of anilines is 1. The summed E-state index contributed by atoms with van der Waals surface area (Å²) < 4.78 is 0. The number of hydrogen-bond acceptors (Lipinski definition) is 3. The Morgan fingerprint density at radius 3 is 2.75 bits per heavy atom. The maximum Gasteiger partial charge on any atom is 0.254 e. The minimum atomic E-state index is 0.0891. The number of carbonyl (C=O) groups is 1. The zero-order valence-corrected chi connectivity index (χ0v) is 12.1. The van der Waals surface area contributed by atoms with Gasteiger partial charge in [0.1, 0.15) is 0 Å². The monoisotopic (exact) mass is 276 g/mol. The van der Waals surface area contributed by atoms with E-state index >= 15 is 0 Å². The van der Waals surface area contributed by atoms with E-state index in [9.17, 15) is 4.79 Å². The van der Waals surface area contributed by atoms with Crippen molar-refractivity contribution in [2.24, 2.45) is 0 Å². The van der Waals surface area contributed by atoms with E-state index in [2.05, 4.69) is 5.32 Å². The molecule has 1 aliphatic rings. The summed E-state index contributed by atoms with van der Waals surface area (Å²) in [7, 11) is 0. The zero-order chi connectivity index (χ0) is 14.4. The molecule has 1 atom stereocenters. The number of nitrogens with zero attached hydrogens (tertiary/aromatic N) is 1. The van der Waals surface area contributed by atoms with Crippen molar-refractivity contribution in [1.29, 1.82) is 0 Å². The Balaban J connectivity index is 2.08. The van der Waals surface area contributed by atoms with E-state index in [0.717, 1.165) is 43.6 Å². The highest BCUT2D eigenvalue weighted by atomic mass is 16.3. The maximum atomic E-state index is 12.6. The molecule has 1 saturated heterocycles. The third kappa shape index (κ3) is 3.51. The van der Waals surface area contributed by atoms with Crippen LogP contribution in [0.15, 0.2) is 24.3 Å². The Kier molecular flexibility index (Phi) is 5.41. The minimum absolute atomic E-state index is 0.0891. The van der Waals surface area contributed by atoms with Crippen LogP contribution in [-0.4, -0.2) is 41.7 Å². The topological polar surface area (TPSA) is 52.6 Å². The lowest BCUT2D eigenvalue weighted by Gasteiger charge is -2.35. The van der Waals surface area contributed by atoms with E-state index in [-0.39, 0.29) is 18.6 Å². The molecule has 0 saturated carbocycles. The first-order chi connectivity index (χ1) is 9.76. The van der Waals surface area contributed by atoms with E-state index in [1.54, 1.807) is 0 Å². The largest absolute Gasteiger partial charge is 0.396 e. The van der Waals surface area contributed by atoms with E-state index in [0.29, 0.717) is 6.42 Å². The second-order valence-electron chi connectivity index (χ2n) is 5.27. The van der Waals surface area contributed by atoms with E-state index in [1.807, 2.05) is 36.1 Å². The van der Waals surface area contributed by atoms with Crippen molar-refractivity contribution in [3.63, 3.8) is 0 Å². The molecule has 20 heavy (non-hydrogen) atoms. The predicted molar refractivity (Wildman–Crippen MR) is 81.0 cm³/mol. The quantitative estimate of drug-likeness (QED) is 0.868. The number of piperidine rings is 1. The summed E-state index contributed by atoms with van der Waals surface area (Å²) in [5, 5.41) is 12.4. The number of aliphatic hydroxyl groups is 1. The molecule has 1 aromatic rings. The first kappa shape index (κ1) is 14.9. The van der Waals surface area contributed by atoms with Crippen LogP contribution in [0.25, 0.3) is 0 Å². The molecule has 1 amide bonds. The smallest absolute Gasteiger partial charge is 0.254 e. The predicted octanol–water partition coefficient (Wildman–Crippen LogP) is 2.50. The van der Waals surface area contributed by atoms with Crippen LogP contribution in [0, 0.1) is 0 Å². The number of rotatable bonds is 5. The summed E-state index contributed by atoms with van der Waals surface area (Å²) >= 11 is 0. The lowest BCUT2D eigenvalue weighted by Crippen LogP contribution is -2.44. The third-order valence-corrected chi connectivity index (χ3v) is 3.86. The van der Waals surface area contributed by atoms with Gasteiger partial charge in [-0.05, 0) is 56.9 Å². The van der Waals surface area contributed by atoms with Crippen LogP contribution in [0.2, 0.25) is 0 Å². The van der Waals surface area contributed by atoms with Crippen LogP contribution in [0.5, 0.6) is 0 Å². The van der Waals surface area contributed by atoms with Crippen molar-refractivity contribution in [3.05, 3.63) is 29.8 Å². The molecule has 1 unspecified atom stereocenters. The maximum absolute atomic E-state index is 12.6. The first-order valence-electron chi connectivity index (χ1n) is 7.52. The van der Waals surface area contributed by atoms with Gasteiger partial charge in [0.05, 0.1) is 0 Å². The molecule has 1 heterocycles. The van der Waals surface area contributed by atoms with Gasteiger partial charge in [-0.25, -0.2) is 0 Å². The lowest BCUT2D eigenvalue weighted by molar-refractivity contribution is 0.0574. The fourth-order valence-electron chi connectivity index (χ4n) is 2.82. The van der Waals surface area contributed by atoms with Crippen molar-refractivity contribution < 1.29 is 9.90 Å². The van der Waals surface area contributed by atoms with E-state index in [1.165, 1.54) is 0 Å². The van der Waals surface area contributed by atoms with E-state index in [4.69, 9.17) is 5.11 Å². The normalized spacial score (nSPS) is 18.9. The van der Waals surface area contributed by atoms with Gasteiger partial charge in [0, 0.05) is 37.0 Å². The number of hydrogen-bond donors (Lipinski definition) is 2. The van der Waals surface area contributed by atoms with Gasteiger partial charge in [0.15, 0.2) is 0 Å². The average molecular weight is 276 g/mol. The number of amides is 1. The van der Waals surface area contributed by atoms with Crippen LogP contribution >= 0.6 is 0 Å². The van der Waals surface area contributed by atoms with Gasteiger partial charge in [-0.2, -0.15) is 0 Å². The van der Waals surface area contributed by atoms with Gasteiger partial charge in [-0.1, -0.05) is 0 Å². The molecule has 4 nitrogen and oxygen atoms in total. The van der Waals surface area contributed by atoms with Crippen LogP contribution in [0.1, 0.15) is 43.0 Å². The van der Waals surface area contributed by atoms with Gasteiger partial charge in [-0.3, -0.25) is 4.79 Å². The number of aliphatic hydroxyl groups excluding tert-OH is 1. The highest BCUT2D eigenvalue weighted by Crippen LogP contribution is 2.22. The van der Waals surface area contributed by atoms with Crippen LogP contribution in [-0.2, 0) is 0 Å². The second-order valence-corrected chi connectivity index (χ2v) is 5.27. The molecule has 1 aliphatic heterocycles. The first-order valence-corrected chi connectivity index (χ1v) is 7.52. The van der Waals surface area contributed by atoms with Crippen LogP contribution in [0.4, 0.5) is 5.69 Å². The SMILES string of the molecule is CCNc1ccc(C(=O)N2CCCCC2CCO)cc1. The summed E-state index contributed by atoms with van der Waals surface area (Å²) in [5.74, 6) is 0.0891. The Bertz CT molecular complexity index is 429. The van der Waals surface area contributed by atoms with Crippen molar-refractivity contribution in [2.45, 2.75) is 38.6 Å². The summed E-state index contributed by atoms with van der Waals surface area (Å²) in [6, 6.07) is 7.84. The van der Waals surface area contributed by atoms with Gasteiger partial charge >= 0.3 is 0 Å². The molecule has 1 fully saturated rings. The molecule has 0 radical (unpaired) electrons. The summed E-state index contributed by atoms with van der Waals surface area (Å²) in [6.07, 6.45) is 3.89. The second kappa shape index (κ2) is 7.29. The molecular weight excluding hydrogens is 252 g/mol. The Hall–Kier alpha value is -1.55. The fourth-order valence-corrected chi connectivity index (χ4v) is 2.82. The molecule has 2 N–H and O–H groups in total. The highest BCUT2D eigenvalue weighted by Gasteiger charge is 2.26. The molecule has 0 bridgehead atoms. The summed E-state index contributed by atoms with van der Waals surface area (Å²) in [4.78, 5) is 14.5. The fraction of sp³-hybridized carbons (Fsp3) is 0.562. The van der Waals surface area contributed by atoms with Crippen LogP contribution in [0.3, 0.4) is 0 Å². The number of nitrogens with one attached hydrogen (secondary N) is 1. The third-order valence-electron chi connectivity index (χ3n) is 3.86. The van der Waals surface area contributed by atoms with Crippen molar-refractivity contribution >= 4 is 11.6 Å². The molecular formula is C16H24N2O2. The van der Waals surface area contributed by atoms with Gasteiger partial charge < -0.3 is 15.3 Å². The molecule has 0 aliphatic carbocycles. The van der Waals surface area contributed by atoms with Crippen molar-refractivity contribution in [2.75, 3.05) is 25.0 Å². The molecule has 2 rings (SSSR count). The number of benzene rings is 1. The molecule has 0 aromatic heterocycles. The summed E-state index contributed by atoms with van der Waals surface area (Å²) in [5.41, 5.74) is 1.77. The molecule has 0 spiro atoms. The van der Waals surface area contributed by atoms with Gasteiger partial charge in [0.25, 0.3) is 5.91 Å². The lowest BCUT2D eigenvalue weighted by atomic mass is 9.98. The summed E-state index contributed by atoms with van der Waals surface area (Å²) in [6.45, 7) is 3.87. The van der Waals surface area contributed by atoms with Gasteiger partial charge in [0.2, 0.25) is 0 Å². The molecule has 110 valence electrons. The minimum Gasteiger partial charge on any atom is -0.396 e. The van der Waals surface area contributed by atoms with Crippen LogP contribution < -0.4 is 5.32 Å². The Morgan fingerprint density at radius 2 is 2.10 bits per heavy atom. The van der Waals surface area contributed by atoms with Crippen molar-refractivity contribution in [1.82, 2.24) is 4.90 Å². The molecule has 1 aromatic carbocycles. The molecule has 4 heteroatoms. The Morgan fingerprint density at radius 1 is 1.35 bits per heavy atom. The standard InChI is InChI=1S/C16H24N2O2/c1-2-17-14-8-6-13(7-9-14)16(20)18-11-4-3-5-15(18)10-12-19/h6-9,15,17,19H,2-5,10-12H2,1H3. The number of carbonyl (C=O) groups excluding carboxylic acids is 1. The highest BCUT2D eigenvalue weighted by molar-refractivity contribution is 5.94. The van der Waals surface area contributed by atoms with Gasteiger partial charge in [-0.15, -0.1) is 0 Å². The Labute approximate surface area is 120 Å². The average Bonchev–Trinajstić information content (AvgIpc) is 2.49. The zero-order valence-electron chi connectivity index (χ0n) is 12.1. The van der Waals surface area contributed by atoms with Crippen molar-refractivity contribution in [3.8, 4) is 0 Å².